The molecule has 0 spiro atoms. The SMILES string of the molecule is CCC(C)c1cccoc1=S. The fourth-order valence-corrected chi connectivity index (χ4v) is 1.29. The molecule has 1 atom stereocenters. The van der Waals surface area contributed by atoms with Gasteiger partial charge in [0, 0.05) is 5.56 Å². The van der Waals surface area contributed by atoms with Gasteiger partial charge >= 0.3 is 0 Å². The molecule has 0 aliphatic carbocycles. The lowest BCUT2D eigenvalue weighted by atomic mass is 10.0. The summed E-state index contributed by atoms with van der Waals surface area (Å²) < 4.78 is 5.72. The molecule has 0 N–H and O–H groups in total. The van der Waals surface area contributed by atoms with Crippen molar-refractivity contribution >= 4 is 12.2 Å². The van der Waals surface area contributed by atoms with E-state index in [0.717, 1.165) is 12.0 Å². The molecule has 0 saturated carbocycles. The van der Waals surface area contributed by atoms with Crippen LogP contribution in [0.3, 0.4) is 0 Å². The van der Waals surface area contributed by atoms with Crippen molar-refractivity contribution in [1.29, 1.82) is 0 Å². The zero-order valence-electron chi connectivity index (χ0n) is 6.83. The van der Waals surface area contributed by atoms with E-state index in [1.807, 2.05) is 12.1 Å². The molecule has 0 aliphatic rings. The van der Waals surface area contributed by atoms with E-state index in [2.05, 4.69) is 13.8 Å². The minimum absolute atomic E-state index is 0.507. The van der Waals surface area contributed by atoms with Gasteiger partial charge in [0.05, 0.1) is 6.26 Å². The Morgan fingerprint density at radius 1 is 1.64 bits per heavy atom. The van der Waals surface area contributed by atoms with Crippen LogP contribution >= 0.6 is 12.2 Å². The van der Waals surface area contributed by atoms with E-state index < -0.39 is 0 Å². The van der Waals surface area contributed by atoms with Crippen molar-refractivity contribution in [2.45, 2.75) is 26.2 Å². The van der Waals surface area contributed by atoms with E-state index in [9.17, 15) is 0 Å². The van der Waals surface area contributed by atoms with Crippen LogP contribution in [0.2, 0.25) is 0 Å². The van der Waals surface area contributed by atoms with Crippen LogP contribution in [0, 0.1) is 4.71 Å². The Hall–Kier alpha value is -0.630. The minimum Gasteiger partial charge on any atom is -0.453 e. The maximum Gasteiger partial charge on any atom is 0.193 e. The van der Waals surface area contributed by atoms with E-state index in [-0.39, 0.29) is 0 Å². The third kappa shape index (κ3) is 1.90. The Labute approximate surface area is 72.1 Å². The molecular formula is C9H12OS. The number of rotatable bonds is 2. The molecule has 1 unspecified atom stereocenters. The third-order valence-electron chi connectivity index (χ3n) is 1.91. The Morgan fingerprint density at radius 3 is 2.91 bits per heavy atom. The third-order valence-corrected chi connectivity index (χ3v) is 2.24. The smallest absolute Gasteiger partial charge is 0.193 e. The van der Waals surface area contributed by atoms with Gasteiger partial charge < -0.3 is 4.42 Å². The highest BCUT2D eigenvalue weighted by Crippen LogP contribution is 2.18. The van der Waals surface area contributed by atoms with Crippen LogP contribution in [0.1, 0.15) is 31.7 Å². The van der Waals surface area contributed by atoms with Crippen molar-refractivity contribution in [1.82, 2.24) is 0 Å². The van der Waals surface area contributed by atoms with Crippen LogP contribution in [-0.2, 0) is 0 Å². The summed E-state index contributed by atoms with van der Waals surface area (Å²) in [5, 5.41) is 0. The maximum absolute atomic E-state index is 5.10. The van der Waals surface area contributed by atoms with Crippen LogP contribution in [0.25, 0.3) is 0 Å². The highest BCUT2D eigenvalue weighted by molar-refractivity contribution is 7.71. The molecule has 1 heterocycles. The summed E-state index contributed by atoms with van der Waals surface area (Å²) in [6.07, 6.45) is 2.72. The van der Waals surface area contributed by atoms with Gasteiger partial charge in [-0.2, -0.15) is 0 Å². The molecule has 0 bridgehead atoms. The molecule has 1 aromatic heterocycles. The fraction of sp³-hybridized carbons (Fsp3) is 0.444. The van der Waals surface area contributed by atoms with Gasteiger partial charge in [0.2, 0.25) is 0 Å². The van der Waals surface area contributed by atoms with Crippen molar-refractivity contribution in [3.05, 3.63) is 28.7 Å². The molecule has 0 amide bonds. The van der Waals surface area contributed by atoms with Crippen molar-refractivity contribution < 1.29 is 4.42 Å². The molecular weight excluding hydrogens is 156 g/mol. The van der Waals surface area contributed by atoms with Gasteiger partial charge in [0.1, 0.15) is 0 Å². The molecule has 0 aliphatic heterocycles. The molecule has 0 fully saturated rings. The zero-order valence-corrected chi connectivity index (χ0v) is 7.65. The second-order valence-electron chi connectivity index (χ2n) is 2.67. The number of hydrogen-bond acceptors (Lipinski definition) is 2. The van der Waals surface area contributed by atoms with E-state index in [0.29, 0.717) is 10.6 Å². The summed E-state index contributed by atoms with van der Waals surface area (Å²) in [6.45, 7) is 4.30. The Kier molecular flexibility index (Phi) is 2.83. The second kappa shape index (κ2) is 3.67. The first-order valence-corrected chi connectivity index (χ1v) is 4.24. The largest absolute Gasteiger partial charge is 0.453 e. The molecule has 11 heavy (non-hydrogen) atoms. The van der Waals surface area contributed by atoms with E-state index in [4.69, 9.17) is 16.6 Å². The lowest BCUT2D eigenvalue weighted by molar-refractivity contribution is 0.516. The predicted molar refractivity (Wildman–Crippen MR) is 48.2 cm³/mol. The highest BCUT2D eigenvalue weighted by Gasteiger charge is 2.04. The first-order valence-electron chi connectivity index (χ1n) is 3.83. The summed E-state index contributed by atoms with van der Waals surface area (Å²) in [5.74, 6) is 0.507. The van der Waals surface area contributed by atoms with Gasteiger partial charge in [-0.15, -0.1) is 0 Å². The lowest BCUT2D eigenvalue weighted by Gasteiger charge is -2.06. The van der Waals surface area contributed by atoms with Crippen LogP contribution in [0.4, 0.5) is 0 Å². The first-order chi connectivity index (χ1) is 5.25. The van der Waals surface area contributed by atoms with Crippen LogP contribution in [-0.4, -0.2) is 0 Å². The maximum atomic E-state index is 5.10. The molecule has 0 saturated heterocycles. The fourth-order valence-electron chi connectivity index (χ4n) is 0.965. The van der Waals surface area contributed by atoms with Crippen molar-refractivity contribution in [3.63, 3.8) is 0 Å². The molecule has 1 aromatic rings. The van der Waals surface area contributed by atoms with E-state index in [1.165, 1.54) is 0 Å². The monoisotopic (exact) mass is 168 g/mol. The quantitative estimate of drug-likeness (QED) is 0.627. The summed E-state index contributed by atoms with van der Waals surface area (Å²) in [7, 11) is 0. The van der Waals surface area contributed by atoms with E-state index in [1.54, 1.807) is 6.26 Å². The zero-order chi connectivity index (χ0) is 8.27. The van der Waals surface area contributed by atoms with Crippen LogP contribution in [0.15, 0.2) is 22.8 Å². The van der Waals surface area contributed by atoms with Gasteiger partial charge in [-0.05, 0) is 30.6 Å². The van der Waals surface area contributed by atoms with Gasteiger partial charge in [0.15, 0.2) is 4.71 Å². The van der Waals surface area contributed by atoms with Crippen LogP contribution < -0.4 is 0 Å². The molecule has 0 aromatic carbocycles. The first kappa shape index (κ1) is 8.47. The topological polar surface area (TPSA) is 13.1 Å². The molecule has 1 rings (SSSR count). The summed E-state index contributed by atoms with van der Waals surface area (Å²) >= 11 is 5.03. The van der Waals surface area contributed by atoms with E-state index >= 15 is 0 Å². The Bertz CT molecular complexity index is 277. The standard InChI is InChI=1S/C9H12OS/c1-3-7(2)8-5-4-6-10-9(8)11/h4-7H,3H2,1-2H3. The second-order valence-corrected chi connectivity index (χ2v) is 3.04. The summed E-state index contributed by atoms with van der Waals surface area (Å²) in [6, 6.07) is 3.91. The summed E-state index contributed by atoms with van der Waals surface area (Å²) in [4.78, 5) is 0. The van der Waals surface area contributed by atoms with Crippen molar-refractivity contribution in [2.24, 2.45) is 0 Å². The predicted octanol–water partition coefficient (Wildman–Crippen LogP) is 3.52. The van der Waals surface area contributed by atoms with Crippen molar-refractivity contribution in [2.75, 3.05) is 0 Å². The highest BCUT2D eigenvalue weighted by atomic mass is 32.1. The average molecular weight is 168 g/mol. The average Bonchev–Trinajstić information content (AvgIpc) is 2.04. The molecule has 60 valence electrons. The van der Waals surface area contributed by atoms with Gasteiger partial charge in [0.25, 0.3) is 0 Å². The van der Waals surface area contributed by atoms with Crippen LogP contribution in [0.5, 0.6) is 0 Å². The van der Waals surface area contributed by atoms with Gasteiger partial charge in [-0.1, -0.05) is 19.9 Å². The van der Waals surface area contributed by atoms with Crippen molar-refractivity contribution in [3.8, 4) is 0 Å². The Morgan fingerprint density at radius 2 is 2.36 bits per heavy atom. The molecule has 1 nitrogen and oxygen atoms in total. The summed E-state index contributed by atoms with van der Waals surface area (Å²) in [5.41, 5.74) is 1.14. The normalized spacial score (nSPS) is 12.9. The Balaban J connectivity index is 3.03. The van der Waals surface area contributed by atoms with Gasteiger partial charge in [-0.25, -0.2) is 0 Å². The number of hydrogen-bond donors (Lipinski definition) is 0. The molecule has 2 heteroatoms. The lowest BCUT2D eigenvalue weighted by Crippen LogP contribution is -1.90. The minimum atomic E-state index is 0.507. The molecule has 0 radical (unpaired) electrons. The van der Waals surface area contributed by atoms with Gasteiger partial charge in [-0.3, -0.25) is 0 Å².